The Balaban J connectivity index is 2.95. The van der Waals surface area contributed by atoms with Crippen molar-refractivity contribution in [3.63, 3.8) is 0 Å². The molecule has 0 saturated carbocycles. The summed E-state index contributed by atoms with van der Waals surface area (Å²) in [5, 5.41) is 5.47. The van der Waals surface area contributed by atoms with Gasteiger partial charge in [-0.05, 0) is 7.05 Å². The molecule has 11 heavy (non-hydrogen) atoms. The van der Waals surface area contributed by atoms with E-state index in [-0.39, 0.29) is 5.91 Å². The van der Waals surface area contributed by atoms with Crippen LogP contribution in [-0.4, -0.2) is 39.8 Å². The normalized spacial score (nSPS) is 9.64. The molecule has 0 heterocycles. The van der Waals surface area contributed by atoms with Crippen LogP contribution < -0.4 is 10.6 Å². The Kier molecular flexibility index (Phi) is 7.08. The van der Waals surface area contributed by atoms with Crippen LogP contribution in [0.4, 0.5) is 0 Å². The lowest BCUT2D eigenvalue weighted by atomic mass is 10.4. The third kappa shape index (κ3) is 7.29. The van der Waals surface area contributed by atoms with Gasteiger partial charge in [0, 0.05) is 20.0 Å². The highest BCUT2D eigenvalue weighted by molar-refractivity contribution is 5.75. The van der Waals surface area contributed by atoms with Gasteiger partial charge in [0.05, 0.1) is 13.2 Å². The summed E-state index contributed by atoms with van der Waals surface area (Å²) in [5.41, 5.74) is 0. The van der Waals surface area contributed by atoms with Crippen molar-refractivity contribution in [2.75, 3.05) is 33.9 Å². The second kappa shape index (κ2) is 7.50. The van der Waals surface area contributed by atoms with E-state index in [1.165, 1.54) is 0 Å². The molecule has 0 rings (SSSR count). The minimum Gasteiger partial charge on any atom is -0.380 e. The van der Waals surface area contributed by atoms with Crippen LogP contribution in [0.3, 0.4) is 0 Å². The molecular weight excluding hydrogens is 144 g/mol. The molecule has 0 aliphatic heterocycles. The van der Waals surface area contributed by atoms with Gasteiger partial charge in [-0.3, -0.25) is 4.79 Å². The van der Waals surface area contributed by atoms with Crippen molar-refractivity contribution in [1.29, 1.82) is 0 Å². The Morgan fingerprint density at radius 1 is 1.36 bits per heavy atom. The summed E-state index contributed by atoms with van der Waals surface area (Å²) in [6.45, 7) is 1.99. The van der Waals surface area contributed by atoms with Crippen LogP contribution in [0.1, 0.15) is 6.42 Å². The summed E-state index contributed by atoms with van der Waals surface area (Å²) < 4.78 is 5.12. The van der Waals surface area contributed by atoms with Gasteiger partial charge in [0.25, 0.3) is 0 Å². The fourth-order valence-corrected chi connectivity index (χ4v) is 0.566. The second-order valence-corrected chi connectivity index (χ2v) is 2.14. The first-order chi connectivity index (χ1) is 5.31. The van der Waals surface area contributed by atoms with E-state index in [0.717, 1.165) is 6.54 Å². The van der Waals surface area contributed by atoms with E-state index in [0.29, 0.717) is 19.6 Å². The Labute approximate surface area is 67.3 Å². The molecule has 0 radical (unpaired) electrons. The van der Waals surface area contributed by atoms with Crippen LogP contribution in [0, 0.1) is 0 Å². The fraction of sp³-hybridized carbons (Fsp3) is 0.857. The van der Waals surface area contributed by atoms with Crippen LogP contribution in [0.5, 0.6) is 0 Å². The number of amides is 1. The number of carbonyl (C=O) groups excluding carboxylic acids is 1. The smallest absolute Gasteiger partial charge is 0.222 e. The number of hydrogen-bond donors (Lipinski definition) is 2. The second-order valence-electron chi connectivity index (χ2n) is 2.14. The summed E-state index contributed by atoms with van der Waals surface area (Å²) in [6, 6.07) is 0. The standard InChI is InChI=1S/C7H16N2O2/c1-8-4-6-11-5-3-7(10)9-2/h8H,3-6H2,1-2H3,(H,9,10). The molecule has 0 aromatic heterocycles. The molecule has 0 bridgehead atoms. The highest BCUT2D eigenvalue weighted by Gasteiger charge is 1.95. The van der Waals surface area contributed by atoms with E-state index in [9.17, 15) is 4.79 Å². The predicted octanol–water partition coefficient (Wildman–Crippen LogP) is -0.641. The van der Waals surface area contributed by atoms with Crippen molar-refractivity contribution in [3.8, 4) is 0 Å². The van der Waals surface area contributed by atoms with Gasteiger partial charge in [0.15, 0.2) is 0 Å². The van der Waals surface area contributed by atoms with Crippen LogP contribution in [-0.2, 0) is 9.53 Å². The minimum absolute atomic E-state index is 0.0226. The molecule has 0 aromatic carbocycles. The SMILES string of the molecule is CNCCOCCC(=O)NC. The molecule has 2 N–H and O–H groups in total. The highest BCUT2D eigenvalue weighted by Crippen LogP contribution is 1.80. The summed E-state index contributed by atoms with van der Waals surface area (Å²) in [6.07, 6.45) is 0.445. The summed E-state index contributed by atoms with van der Waals surface area (Å²) in [5.74, 6) is 0.0226. The molecule has 4 nitrogen and oxygen atoms in total. The van der Waals surface area contributed by atoms with E-state index in [2.05, 4.69) is 10.6 Å². The molecule has 1 amide bonds. The van der Waals surface area contributed by atoms with Crippen LogP contribution in [0.2, 0.25) is 0 Å². The summed E-state index contributed by atoms with van der Waals surface area (Å²) >= 11 is 0. The number of ether oxygens (including phenoxy) is 1. The Morgan fingerprint density at radius 3 is 2.64 bits per heavy atom. The zero-order valence-corrected chi connectivity index (χ0v) is 7.14. The van der Waals surface area contributed by atoms with Gasteiger partial charge in [0.2, 0.25) is 5.91 Å². The first-order valence-electron chi connectivity index (χ1n) is 3.74. The third-order valence-electron chi connectivity index (χ3n) is 1.25. The molecule has 0 aliphatic rings. The first-order valence-corrected chi connectivity index (χ1v) is 3.74. The maximum absolute atomic E-state index is 10.6. The summed E-state index contributed by atoms with van der Waals surface area (Å²) in [4.78, 5) is 10.6. The van der Waals surface area contributed by atoms with E-state index >= 15 is 0 Å². The predicted molar refractivity (Wildman–Crippen MR) is 43.4 cm³/mol. The molecular formula is C7H16N2O2. The van der Waals surface area contributed by atoms with E-state index in [4.69, 9.17) is 4.74 Å². The van der Waals surface area contributed by atoms with Crippen molar-refractivity contribution in [2.45, 2.75) is 6.42 Å². The van der Waals surface area contributed by atoms with Gasteiger partial charge >= 0.3 is 0 Å². The Bertz CT molecular complexity index is 107. The van der Waals surface area contributed by atoms with E-state index in [1.54, 1.807) is 7.05 Å². The zero-order chi connectivity index (χ0) is 8.53. The average molecular weight is 160 g/mol. The van der Waals surface area contributed by atoms with Gasteiger partial charge in [-0.25, -0.2) is 0 Å². The van der Waals surface area contributed by atoms with Gasteiger partial charge in [0.1, 0.15) is 0 Å². The Hall–Kier alpha value is -0.610. The average Bonchev–Trinajstić information content (AvgIpc) is 2.04. The van der Waals surface area contributed by atoms with Crippen LogP contribution in [0.25, 0.3) is 0 Å². The van der Waals surface area contributed by atoms with Gasteiger partial charge in [-0.1, -0.05) is 0 Å². The Morgan fingerprint density at radius 2 is 2.09 bits per heavy atom. The molecule has 0 fully saturated rings. The fourth-order valence-electron chi connectivity index (χ4n) is 0.566. The molecule has 0 spiro atoms. The molecule has 0 unspecified atom stereocenters. The van der Waals surface area contributed by atoms with Crippen molar-refractivity contribution >= 4 is 5.91 Å². The van der Waals surface area contributed by atoms with Crippen molar-refractivity contribution < 1.29 is 9.53 Å². The number of nitrogens with one attached hydrogen (secondary N) is 2. The lowest BCUT2D eigenvalue weighted by molar-refractivity contribution is -0.121. The number of likely N-dealkylation sites (N-methyl/N-ethyl adjacent to an activating group) is 1. The number of rotatable bonds is 6. The lowest BCUT2D eigenvalue weighted by Gasteiger charge is -2.02. The quantitative estimate of drug-likeness (QED) is 0.508. The maximum atomic E-state index is 10.6. The number of hydrogen-bond acceptors (Lipinski definition) is 3. The van der Waals surface area contributed by atoms with Crippen molar-refractivity contribution in [2.24, 2.45) is 0 Å². The number of carbonyl (C=O) groups is 1. The molecule has 66 valence electrons. The largest absolute Gasteiger partial charge is 0.380 e. The summed E-state index contributed by atoms with van der Waals surface area (Å²) in [7, 11) is 3.48. The lowest BCUT2D eigenvalue weighted by Crippen LogP contribution is -2.21. The van der Waals surface area contributed by atoms with Crippen molar-refractivity contribution in [3.05, 3.63) is 0 Å². The minimum atomic E-state index is 0.0226. The van der Waals surface area contributed by atoms with Crippen LogP contribution >= 0.6 is 0 Å². The molecule has 0 aromatic rings. The molecule has 0 saturated heterocycles. The zero-order valence-electron chi connectivity index (χ0n) is 7.14. The molecule has 4 heteroatoms. The van der Waals surface area contributed by atoms with Gasteiger partial charge in [-0.15, -0.1) is 0 Å². The topological polar surface area (TPSA) is 50.4 Å². The first kappa shape index (κ1) is 10.4. The van der Waals surface area contributed by atoms with Crippen LogP contribution in [0.15, 0.2) is 0 Å². The highest BCUT2D eigenvalue weighted by atomic mass is 16.5. The molecule has 0 aliphatic carbocycles. The molecule has 0 atom stereocenters. The third-order valence-corrected chi connectivity index (χ3v) is 1.25. The van der Waals surface area contributed by atoms with Gasteiger partial charge in [-0.2, -0.15) is 0 Å². The van der Waals surface area contributed by atoms with E-state index < -0.39 is 0 Å². The maximum Gasteiger partial charge on any atom is 0.222 e. The van der Waals surface area contributed by atoms with E-state index in [1.807, 2.05) is 7.05 Å². The van der Waals surface area contributed by atoms with Gasteiger partial charge < -0.3 is 15.4 Å². The van der Waals surface area contributed by atoms with Crippen molar-refractivity contribution in [1.82, 2.24) is 10.6 Å². The monoisotopic (exact) mass is 160 g/mol.